The van der Waals surface area contributed by atoms with Crippen molar-refractivity contribution in [2.24, 2.45) is 0 Å². The summed E-state index contributed by atoms with van der Waals surface area (Å²) in [6, 6.07) is 5.82. The molecule has 0 aliphatic carbocycles. The van der Waals surface area contributed by atoms with Crippen molar-refractivity contribution >= 4 is 39.3 Å². The molecule has 1 aromatic heterocycles. The van der Waals surface area contributed by atoms with E-state index in [1.54, 1.807) is 0 Å². The lowest BCUT2D eigenvalue weighted by molar-refractivity contribution is 1.45. The Morgan fingerprint density at radius 1 is 1.45 bits per heavy atom. The molecule has 1 aromatic carbocycles. The van der Waals surface area contributed by atoms with Gasteiger partial charge in [0, 0.05) is 4.90 Å². The molecule has 0 saturated carbocycles. The first-order valence-electron chi connectivity index (χ1n) is 3.11. The third kappa shape index (κ3) is 1.19. The summed E-state index contributed by atoms with van der Waals surface area (Å²) in [6.07, 6.45) is 0. The van der Waals surface area contributed by atoms with Crippen molar-refractivity contribution in [2.45, 2.75) is 4.90 Å². The highest BCUT2D eigenvalue weighted by molar-refractivity contribution is 7.80. The first-order valence-corrected chi connectivity index (χ1v) is 4.37. The maximum absolute atomic E-state index is 5.52. The topological polar surface area (TPSA) is 38.9 Å². The molecule has 0 amide bonds. The van der Waals surface area contributed by atoms with Crippen LogP contribution in [0.15, 0.2) is 23.1 Å². The van der Waals surface area contributed by atoms with Gasteiger partial charge in [-0.2, -0.15) is 0 Å². The Labute approximate surface area is 73.5 Å². The fourth-order valence-corrected chi connectivity index (χ4v) is 1.84. The lowest BCUT2D eigenvalue weighted by Crippen LogP contribution is -1.78. The van der Waals surface area contributed by atoms with Crippen LogP contribution in [0.3, 0.4) is 0 Å². The SMILES string of the molecule is Nc1nc2cc(S)ccc2s1. The Morgan fingerprint density at radius 3 is 3.09 bits per heavy atom. The largest absolute Gasteiger partial charge is 0.375 e. The van der Waals surface area contributed by atoms with Crippen LogP contribution in [0.2, 0.25) is 0 Å². The number of rotatable bonds is 0. The second kappa shape index (κ2) is 2.39. The number of benzene rings is 1. The fourth-order valence-electron chi connectivity index (χ4n) is 0.934. The highest BCUT2D eigenvalue weighted by atomic mass is 32.1. The average molecular weight is 182 g/mol. The fraction of sp³-hybridized carbons (Fsp3) is 0. The van der Waals surface area contributed by atoms with Gasteiger partial charge < -0.3 is 5.73 Å². The zero-order valence-electron chi connectivity index (χ0n) is 5.61. The third-order valence-corrected chi connectivity index (χ3v) is 2.53. The molecule has 0 bridgehead atoms. The molecule has 2 nitrogen and oxygen atoms in total. The van der Waals surface area contributed by atoms with Crippen molar-refractivity contribution < 1.29 is 0 Å². The van der Waals surface area contributed by atoms with E-state index in [9.17, 15) is 0 Å². The Balaban J connectivity index is 2.82. The summed E-state index contributed by atoms with van der Waals surface area (Å²) < 4.78 is 1.11. The predicted octanol–water partition coefficient (Wildman–Crippen LogP) is 2.17. The van der Waals surface area contributed by atoms with E-state index in [2.05, 4.69) is 17.6 Å². The van der Waals surface area contributed by atoms with Crippen molar-refractivity contribution in [2.75, 3.05) is 5.73 Å². The number of hydrogen-bond donors (Lipinski definition) is 2. The zero-order chi connectivity index (χ0) is 7.84. The average Bonchev–Trinajstić information content (AvgIpc) is 2.27. The minimum atomic E-state index is 0.610. The van der Waals surface area contributed by atoms with E-state index in [1.807, 2.05) is 18.2 Å². The van der Waals surface area contributed by atoms with Crippen LogP contribution in [0.4, 0.5) is 5.13 Å². The van der Waals surface area contributed by atoms with Crippen LogP contribution in [-0.2, 0) is 0 Å². The summed E-state index contributed by atoms with van der Waals surface area (Å²) in [5.41, 5.74) is 6.45. The van der Waals surface area contributed by atoms with Gasteiger partial charge in [0.1, 0.15) is 0 Å². The van der Waals surface area contributed by atoms with Gasteiger partial charge in [-0.15, -0.1) is 12.6 Å². The Kier molecular flexibility index (Phi) is 1.51. The van der Waals surface area contributed by atoms with Crippen LogP contribution in [0.1, 0.15) is 0 Å². The minimum absolute atomic E-state index is 0.610. The molecule has 56 valence electrons. The van der Waals surface area contributed by atoms with Gasteiger partial charge in [0.2, 0.25) is 0 Å². The number of aromatic nitrogens is 1. The lowest BCUT2D eigenvalue weighted by Gasteiger charge is -1.87. The minimum Gasteiger partial charge on any atom is -0.375 e. The first kappa shape index (κ1) is 6.94. The molecule has 4 heteroatoms. The lowest BCUT2D eigenvalue weighted by atomic mass is 10.3. The smallest absolute Gasteiger partial charge is 0.181 e. The number of anilines is 1. The normalized spacial score (nSPS) is 10.6. The van der Waals surface area contributed by atoms with Crippen LogP contribution >= 0.6 is 24.0 Å². The molecule has 1 heterocycles. The van der Waals surface area contributed by atoms with Crippen LogP contribution in [0.25, 0.3) is 10.2 Å². The van der Waals surface area contributed by atoms with Crippen LogP contribution < -0.4 is 5.73 Å². The molecule has 0 saturated heterocycles. The number of nitrogens with two attached hydrogens (primary N) is 1. The van der Waals surface area contributed by atoms with Gasteiger partial charge in [-0.05, 0) is 18.2 Å². The highest BCUT2D eigenvalue weighted by Gasteiger charge is 1.99. The summed E-state index contributed by atoms with van der Waals surface area (Å²) in [6.45, 7) is 0. The molecule has 0 fully saturated rings. The second-order valence-corrected chi connectivity index (χ2v) is 3.78. The van der Waals surface area contributed by atoms with Crippen molar-refractivity contribution in [3.05, 3.63) is 18.2 Å². The van der Waals surface area contributed by atoms with E-state index < -0.39 is 0 Å². The van der Waals surface area contributed by atoms with Gasteiger partial charge in [-0.3, -0.25) is 0 Å². The summed E-state index contributed by atoms with van der Waals surface area (Å²) in [5, 5.41) is 0.610. The monoisotopic (exact) mass is 182 g/mol. The molecule has 2 rings (SSSR count). The maximum Gasteiger partial charge on any atom is 0.181 e. The Morgan fingerprint density at radius 2 is 2.27 bits per heavy atom. The van der Waals surface area contributed by atoms with Crippen molar-refractivity contribution in [1.82, 2.24) is 4.98 Å². The molecule has 11 heavy (non-hydrogen) atoms. The maximum atomic E-state index is 5.52. The van der Waals surface area contributed by atoms with E-state index in [0.29, 0.717) is 5.13 Å². The molecular weight excluding hydrogens is 176 g/mol. The molecule has 2 N–H and O–H groups in total. The summed E-state index contributed by atoms with van der Waals surface area (Å²) in [5.74, 6) is 0. The number of fused-ring (bicyclic) bond motifs is 1. The molecular formula is C7H6N2S2. The molecule has 0 atom stereocenters. The van der Waals surface area contributed by atoms with Gasteiger partial charge in [-0.25, -0.2) is 4.98 Å². The van der Waals surface area contributed by atoms with E-state index in [-0.39, 0.29) is 0 Å². The van der Waals surface area contributed by atoms with Crippen LogP contribution in [0.5, 0.6) is 0 Å². The van der Waals surface area contributed by atoms with Crippen molar-refractivity contribution in [3.63, 3.8) is 0 Å². The number of thiol groups is 1. The second-order valence-electron chi connectivity index (χ2n) is 2.20. The predicted molar refractivity (Wildman–Crippen MR) is 51.3 cm³/mol. The molecule has 0 radical (unpaired) electrons. The van der Waals surface area contributed by atoms with Gasteiger partial charge >= 0.3 is 0 Å². The summed E-state index contributed by atoms with van der Waals surface area (Å²) in [4.78, 5) is 5.04. The Bertz CT molecular complexity index is 394. The van der Waals surface area contributed by atoms with Gasteiger partial charge in [0.25, 0.3) is 0 Å². The van der Waals surface area contributed by atoms with Crippen LogP contribution in [-0.4, -0.2) is 4.98 Å². The van der Waals surface area contributed by atoms with Crippen molar-refractivity contribution in [3.8, 4) is 0 Å². The molecule has 0 aliphatic heterocycles. The number of nitrogen functional groups attached to an aromatic ring is 1. The van der Waals surface area contributed by atoms with Gasteiger partial charge in [-0.1, -0.05) is 11.3 Å². The summed E-state index contributed by atoms with van der Waals surface area (Å²) in [7, 11) is 0. The molecule has 0 aliphatic rings. The third-order valence-electron chi connectivity index (χ3n) is 1.39. The van der Waals surface area contributed by atoms with E-state index >= 15 is 0 Å². The first-order chi connectivity index (χ1) is 5.25. The highest BCUT2D eigenvalue weighted by Crippen LogP contribution is 2.25. The van der Waals surface area contributed by atoms with E-state index in [4.69, 9.17) is 5.73 Å². The molecule has 0 unspecified atom stereocenters. The van der Waals surface area contributed by atoms with Gasteiger partial charge in [0.05, 0.1) is 10.2 Å². The van der Waals surface area contributed by atoms with E-state index in [0.717, 1.165) is 15.1 Å². The number of thiazole rings is 1. The molecule has 2 aromatic rings. The summed E-state index contributed by atoms with van der Waals surface area (Å²) >= 11 is 5.69. The number of hydrogen-bond acceptors (Lipinski definition) is 4. The zero-order valence-corrected chi connectivity index (χ0v) is 7.32. The standard InChI is InChI=1S/C7H6N2S2/c8-7-9-5-3-4(10)1-2-6(5)11-7/h1-3,10H,(H2,8,9). The Hall–Kier alpha value is -0.740. The molecule has 0 spiro atoms. The quantitative estimate of drug-likeness (QED) is 0.613. The number of nitrogens with zero attached hydrogens (tertiary/aromatic N) is 1. The van der Waals surface area contributed by atoms with Crippen LogP contribution in [0, 0.1) is 0 Å². The van der Waals surface area contributed by atoms with Gasteiger partial charge in [0.15, 0.2) is 5.13 Å². The van der Waals surface area contributed by atoms with E-state index in [1.165, 1.54) is 11.3 Å². The van der Waals surface area contributed by atoms with Crippen molar-refractivity contribution in [1.29, 1.82) is 0 Å².